The number of benzene rings is 3. The van der Waals surface area contributed by atoms with Crippen molar-refractivity contribution in [2.45, 2.75) is 12.6 Å². The highest BCUT2D eigenvalue weighted by atomic mass is 35.5. The van der Waals surface area contributed by atoms with E-state index >= 15 is 0 Å². The molecule has 5 rings (SSSR count). The van der Waals surface area contributed by atoms with E-state index in [-0.39, 0.29) is 22.4 Å². The van der Waals surface area contributed by atoms with Gasteiger partial charge in [-0.15, -0.1) is 0 Å². The van der Waals surface area contributed by atoms with E-state index in [0.29, 0.717) is 43.3 Å². The third-order valence-electron chi connectivity index (χ3n) is 6.97. The Bertz CT molecular complexity index is 1500. The van der Waals surface area contributed by atoms with Crippen LogP contribution in [-0.4, -0.2) is 63.1 Å². The normalized spacial score (nSPS) is 17.4. The molecule has 0 radical (unpaired) electrons. The van der Waals surface area contributed by atoms with Crippen LogP contribution in [-0.2, 0) is 21.2 Å². The second-order valence-electron chi connectivity index (χ2n) is 10.0. The van der Waals surface area contributed by atoms with Crippen LogP contribution >= 0.6 is 11.6 Å². The van der Waals surface area contributed by atoms with Crippen molar-refractivity contribution >= 4 is 32.3 Å². The number of hydrogen-bond donors (Lipinski definition) is 1. The van der Waals surface area contributed by atoms with Crippen LogP contribution in [0.5, 0.6) is 0 Å². The van der Waals surface area contributed by atoms with Crippen LogP contribution in [0.3, 0.4) is 0 Å². The summed E-state index contributed by atoms with van der Waals surface area (Å²) in [5.74, 6) is -1.63. The van der Waals surface area contributed by atoms with Gasteiger partial charge >= 0.3 is 0 Å². The van der Waals surface area contributed by atoms with E-state index in [4.69, 9.17) is 11.6 Å². The van der Waals surface area contributed by atoms with Crippen molar-refractivity contribution in [2.75, 3.05) is 39.0 Å². The van der Waals surface area contributed by atoms with Crippen molar-refractivity contribution in [1.29, 1.82) is 0 Å². The lowest BCUT2D eigenvalue weighted by Gasteiger charge is -2.42. The molecule has 1 unspecified atom stereocenters. The number of sulfone groups is 1. The van der Waals surface area contributed by atoms with Gasteiger partial charge in [0.05, 0.1) is 17.5 Å². The minimum absolute atomic E-state index is 0.0171. The minimum atomic E-state index is -3.75. The maximum Gasteiger partial charge on any atom is 0.234 e. The second-order valence-corrected chi connectivity index (χ2v) is 12.4. The molecule has 2 aliphatic rings. The number of carbonyl (C=O) groups excluding carboxylic acids is 1. The molecule has 39 heavy (non-hydrogen) atoms. The quantitative estimate of drug-likeness (QED) is 0.455. The molecule has 3 aromatic carbocycles. The van der Waals surface area contributed by atoms with Crippen LogP contribution in [0.2, 0.25) is 5.02 Å². The fraction of sp³-hybridized carbons (Fsp3) is 0.276. The van der Waals surface area contributed by atoms with Gasteiger partial charge in [0.15, 0.2) is 9.84 Å². The number of nitrogens with zero attached hydrogens (tertiary/aromatic N) is 2. The van der Waals surface area contributed by atoms with Crippen molar-refractivity contribution in [3.05, 3.63) is 111 Å². The predicted molar refractivity (Wildman–Crippen MR) is 148 cm³/mol. The lowest BCUT2D eigenvalue weighted by Crippen LogP contribution is -2.47. The molecule has 2 aliphatic heterocycles. The largest absolute Gasteiger partial charge is 0.354 e. The smallest absolute Gasteiger partial charge is 0.234 e. The van der Waals surface area contributed by atoms with E-state index < -0.39 is 21.5 Å². The van der Waals surface area contributed by atoms with Crippen molar-refractivity contribution in [3.8, 4) is 0 Å². The van der Waals surface area contributed by atoms with Gasteiger partial charge in [0.2, 0.25) is 5.91 Å². The summed E-state index contributed by atoms with van der Waals surface area (Å²) in [4.78, 5) is 15.9. The average molecular weight is 572 g/mol. The Morgan fingerprint density at radius 3 is 2.10 bits per heavy atom. The molecule has 0 spiro atoms. The lowest BCUT2D eigenvalue weighted by molar-refractivity contribution is -0.124. The first-order valence-electron chi connectivity index (χ1n) is 12.5. The highest BCUT2D eigenvalue weighted by molar-refractivity contribution is 8.00. The molecule has 6 nitrogen and oxygen atoms in total. The molecule has 2 fully saturated rings. The van der Waals surface area contributed by atoms with E-state index in [9.17, 15) is 22.0 Å². The SMILES string of the molecule is CS(=O)(=O)C(=C1CN(C(c2ccc(Cl)cc2)c2ccc(CN3CCNC(=O)C3)cc2)C1)c1cc(F)cc(F)c1. The topological polar surface area (TPSA) is 69.7 Å². The fourth-order valence-corrected chi connectivity index (χ4v) is 6.61. The van der Waals surface area contributed by atoms with Gasteiger partial charge in [0, 0.05) is 50.1 Å². The average Bonchev–Trinajstić information content (AvgIpc) is 2.83. The number of amides is 1. The Morgan fingerprint density at radius 2 is 1.54 bits per heavy atom. The molecular weight excluding hydrogens is 544 g/mol. The number of hydrogen-bond acceptors (Lipinski definition) is 5. The van der Waals surface area contributed by atoms with E-state index in [0.717, 1.165) is 47.7 Å². The molecule has 1 amide bonds. The zero-order valence-corrected chi connectivity index (χ0v) is 22.9. The standard InChI is InChI=1S/C29H28ClF2N3O3S/c1-39(37,38)29(22-12-25(31)14-26(32)13-22)23-16-35(17-23)28(21-6-8-24(30)9-7-21)20-4-2-19(3-5-20)15-34-11-10-33-27(36)18-34/h2-9,12-14,28H,10-11,15-18H2,1H3,(H,33,36). The van der Waals surface area contributed by atoms with Crippen LogP contribution in [0.1, 0.15) is 28.3 Å². The first-order valence-corrected chi connectivity index (χ1v) is 14.8. The number of carbonyl (C=O) groups is 1. The summed E-state index contributed by atoms with van der Waals surface area (Å²) in [7, 11) is -3.75. The summed E-state index contributed by atoms with van der Waals surface area (Å²) in [6, 6.07) is 18.3. The zero-order chi connectivity index (χ0) is 27.7. The Labute approximate surface area is 231 Å². The first kappa shape index (κ1) is 27.5. The van der Waals surface area contributed by atoms with Gasteiger partial charge in [0.25, 0.3) is 0 Å². The summed E-state index contributed by atoms with van der Waals surface area (Å²) in [6.45, 7) is 3.10. The third kappa shape index (κ3) is 6.38. The molecule has 3 aromatic rings. The number of rotatable bonds is 7. The van der Waals surface area contributed by atoms with Crippen LogP contribution < -0.4 is 5.32 Å². The Balaban J connectivity index is 1.44. The fourth-order valence-electron chi connectivity index (χ4n) is 5.28. The molecule has 2 heterocycles. The third-order valence-corrected chi connectivity index (χ3v) is 8.49. The minimum Gasteiger partial charge on any atom is -0.354 e. The van der Waals surface area contributed by atoms with Crippen LogP contribution in [0.15, 0.2) is 72.3 Å². The summed E-state index contributed by atoms with van der Waals surface area (Å²) in [6.07, 6.45) is 1.06. The van der Waals surface area contributed by atoms with Gasteiger partial charge in [0.1, 0.15) is 11.6 Å². The zero-order valence-electron chi connectivity index (χ0n) is 21.3. The molecule has 2 saturated heterocycles. The number of halogens is 3. The summed E-state index contributed by atoms with van der Waals surface area (Å²) >= 11 is 6.14. The number of nitrogens with one attached hydrogen (secondary N) is 1. The van der Waals surface area contributed by atoms with Crippen molar-refractivity contribution in [2.24, 2.45) is 0 Å². The molecule has 1 N–H and O–H groups in total. The maximum atomic E-state index is 13.9. The summed E-state index contributed by atoms with van der Waals surface area (Å²) in [5, 5.41) is 3.44. The molecule has 1 atom stereocenters. The molecular formula is C29H28ClF2N3O3S. The molecule has 0 bridgehead atoms. The van der Waals surface area contributed by atoms with Gasteiger partial charge in [-0.1, -0.05) is 48.0 Å². The lowest BCUT2D eigenvalue weighted by atomic mass is 9.91. The highest BCUT2D eigenvalue weighted by Crippen LogP contribution is 2.38. The van der Waals surface area contributed by atoms with Crippen molar-refractivity contribution in [3.63, 3.8) is 0 Å². The van der Waals surface area contributed by atoms with E-state index in [1.807, 2.05) is 48.5 Å². The van der Waals surface area contributed by atoms with E-state index in [1.165, 1.54) is 0 Å². The second kappa shape index (κ2) is 11.2. The molecule has 204 valence electrons. The van der Waals surface area contributed by atoms with Crippen LogP contribution in [0.4, 0.5) is 8.78 Å². The van der Waals surface area contributed by atoms with Gasteiger partial charge in [-0.3, -0.25) is 14.6 Å². The predicted octanol–water partition coefficient (Wildman–Crippen LogP) is 4.41. The van der Waals surface area contributed by atoms with Gasteiger partial charge in [-0.05, 0) is 52.1 Å². The molecule has 0 aliphatic carbocycles. The number of likely N-dealkylation sites (tertiary alicyclic amines) is 1. The van der Waals surface area contributed by atoms with Crippen LogP contribution in [0, 0.1) is 11.6 Å². The first-order chi connectivity index (χ1) is 18.6. The van der Waals surface area contributed by atoms with Gasteiger partial charge < -0.3 is 5.32 Å². The van der Waals surface area contributed by atoms with E-state index in [2.05, 4.69) is 15.1 Å². The summed E-state index contributed by atoms with van der Waals surface area (Å²) in [5.41, 5.74) is 3.69. The van der Waals surface area contributed by atoms with Crippen molar-refractivity contribution < 1.29 is 22.0 Å². The maximum absolute atomic E-state index is 13.9. The van der Waals surface area contributed by atoms with Crippen molar-refractivity contribution in [1.82, 2.24) is 15.1 Å². The summed E-state index contributed by atoms with van der Waals surface area (Å²) < 4.78 is 53.3. The van der Waals surface area contributed by atoms with Gasteiger partial charge in [-0.2, -0.15) is 0 Å². The van der Waals surface area contributed by atoms with Crippen LogP contribution in [0.25, 0.3) is 4.91 Å². The highest BCUT2D eigenvalue weighted by Gasteiger charge is 2.35. The Hall–Kier alpha value is -3.11. The number of piperazine rings is 1. The van der Waals surface area contributed by atoms with Gasteiger partial charge in [-0.25, -0.2) is 17.2 Å². The molecule has 0 aromatic heterocycles. The Morgan fingerprint density at radius 1 is 0.949 bits per heavy atom. The van der Waals surface area contributed by atoms with E-state index in [1.54, 1.807) is 0 Å². The Kier molecular flexibility index (Phi) is 7.87. The molecule has 10 heteroatoms. The monoisotopic (exact) mass is 571 g/mol. The molecule has 0 saturated carbocycles.